The first-order valence-corrected chi connectivity index (χ1v) is 11.3. The van der Waals surface area contributed by atoms with Gasteiger partial charge in [-0.1, -0.05) is 36.9 Å². The van der Waals surface area contributed by atoms with E-state index in [9.17, 15) is 9.90 Å². The van der Waals surface area contributed by atoms with Crippen LogP contribution in [0.5, 0.6) is 17.2 Å². The fourth-order valence-corrected chi connectivity index (χ4v) is 4.64. The second-order valence-electron chi connectivity index (χ2n) is 8.66. The number of hydrogen-bond donors (Lipinski definition) is 1. The van der Waals surface area contributed by atoms with Crippen molar-refractivity contribution in [2.75, 3.05) is 32.7 Å². The SMILES string of the molecule is CCN1CC[NH+](Cc2c([O-])ccc3c2OC(=CC2=Cc4ccccc4OC2C)C3=O)CC1. The highest BCUT2D eigenvalue weighted by atomic mass is 16.5. The van der Waals surface area contributed by atoms with Crippen LogP contribution in [-0.4, -0.2) is 49.5 Å². The Balaban J connectivity index is 1.41. The van der Waals surface area contributed by atoms with Crippen molar-refractivity contribution in [1.82, 2.24) is 4.90 Å². The van der Waals surface area contributed by atoms with Crippen LogP contribution < -0.4 is 19.5 Å². The van der Waals surface area contributed by atoms with Crippen LogP contribution in [0.4, 0.5) is 0 Å². The lowest BCUT2D eigenvalue weighted by Crippen LogP contribution is -3.13. The van der Waals surface area contributed by atoms with E-state index >= 15 is 0 Å². The minimum absolute atomic E-state index is 0.0641. The third-order valence-electron chi connectivity index (χ3n) is 6.65. The molecular formula is C26H28N2O4. The first-order chi connectivity index (χ1) is 15.5. The minimum atomic E-state index is -0.202. The number of carbonyl (C=O) groups excluding carboxylic acids is 1. The Hall–Kier alpha value is -3.09. The molecule has 2 aromatic carbocycles. The normalized spacial score (nSPS) is 22.2. The van der Waals surface area contributed by atoms with E-state index in [-0.39, 0.29) is 23.4 Å². The number of Topliss-reactive ketones (excluding diaryl/α,β-unsaturated/α-hetero) is 1. The molecule has 6 nitrogen and oxygen atoms in total. The average molecular weight is 433 g/mol. The number of para-hydroxylation sites is 1. The van der Waals surface area contributed by atoms with Gasteiger partial charge in [-0.2, -0.15) is 0 Å². The van der Waals surface area contributed by atoms with Crippen LogP contribution in [0.3, 0.4) is 0 Å². The lowest BCUT2D eigenvalue weighted by molar-refractivity contribution is -0.918. The molecule has 1 N–H and O–H groups in total. The van der Waals surface area contributed by atoms with E-state index in [0.29, 0.717) is 23.4 Å². The van der Waals surface area contributed by atoms with E-state index in [1.54, 1.807) is 12.1 Å². The summed E-state index contributed by atoms with van der Waals surface area (Å²) in [6.07, 6.45) is 3.57. The van der Waals surface area contributed by atoms with Gasteiger partial charge in [0.2, 0.25) is 5.78 Å². The Morgan fingerprint density at radius 3 is 2.75 bits per heavy atom. The van der Waals surface area contributed by atoms with E-state index in [1.807, 2.05) is 37.3 Å². The third kappa shape index (κ3) is 3.80. The largest absolute Gasteiger partial charge is 0.872 e. The molecule has 1 fully saturated rings. The number of allylic oxidation sites excluding steroid dienone is 1. The molecule has 1 unspecified atom stereocenters. The van der Waals surface area contributed by atoms with Crippen molar-refractivity contribution in [3.8, 4) is 17.2 Å². The van der Waals surface area contributed by atoms with Gasteiger partial charge in [0.05, 0.1) is 18.7 Å². The summed E-state index contributed by atoms with van der Waals surface area (Å²) in [5, 5.41) is 12.7. The summed E-state index contributed by atoms with van der Waals surface area (Å²) in [4.78, 5) is 16.8. The number of rotatable bonds is 4. The number of carbonyl (C=O) groups is 1. The molecule has 3 heterocycles. The molecule has 0 aromatic heterocycles. The molecule has 6 heteroatoms. The molecule has 0 radical (unpaired) electrons. The molecule has 5 rings (SSSR count). The van der Waals surface area contributed by atoms with Crippen molar-refractivity contribution in [2.24, 2.45) is 0 Å². The minimum Gasteiger partial charge on any atom is -0.872 e. The van der Waals surface area contributed by atoms with Gasteiger partial charge >= 0.3 is 0 Å². The number of benzene rings is 2. The van der Waals surface area contributed by atoms with Gasteiger partial charge in [0, 0.05) is 24.2 Å². The van der Waals surface area contributed by atoms with Gasteiger partial charge in [-0.25, -0.2) is 0 Å². The second kappa shape index (κ2) is 8.45. The number of nitrogens with zero attached hydrogens (tertiary/aromatic N) is 1. The standard InChI is InChI=1S/C26H28N2O4/c1-3-27-10-12-28(13-11-27)16-21-22(29)9-8-20-25(30)24(32-26(20)21)15-19-14-18-6-4-5-7-23(18)31-17(19)2/h4-9,14-15,17,29H,3,10-13,16H2,1-2H3. The molecule has 1 saturated heterocycles. The maximum atomic E-state index is 13.1. The van der Waals surface area contributed by atoms with Crippen molar-refractivity contribution >= 4 is 11.9 Å². The maximum Gasteiger partial charge on any atom is 0.231 e. The Labute approximate surface area is 188 Å². The van der Waals surface area contributed by atoms with Crippen LogP contribution in [0.25, 0.3) is 6.08 Å². The number of hydrogen-bond acceptors (Lipinski definition) is 5. The van der Waals surface area contributed by atoms with Crippen molar-refractivity contribution in [3.63, 3.8) is 0 Å². The molecule has 0 aliphatic carbocycles. The highest BCUT2D eigenvalue weighted by Crippen LogP contribution is 2.39. The first kappa shape index (κ1) is 20.8. The first-order valence-electron chi connectivity index (χ1n) is 11.3. The van der Waals surface area contributed by atoms with Gasteiger partial charge in [0.25, 0.3) is 0 Å². The fraction of sp³-hybridized carbons (Fsp3) is 0.346. The summed E-state index contributed by atoms with van der Waals surface area (Å²) >= 11 is 0. The molecular weight excluding hydrogens is 404 g/mol. The average Bonchev–Trinajstić information content (AvgIpc) is 3.12. The molecule has 3 aliphatic rings. The summed E-state index contributed by atoms with van der Waals surface area (Å²) < 4.78 is 12.0. The summed E-state index contributed by atoms with van der Waals surface area (Å²) in [5.74, 6) is 1.27. The van der Waals surface area contributed by atoms with E-state index < -0.39 is 0 Å². The fourth-order valence-electron chi connectivity index (χ4n) is 4.64. The third-order valence-corrected chi connectivity index (χ3v) is 6.65. The van der Waals surface area contributed by atoms with Crippen molar-refractivity contribution < 1.29 is 24.3 Å². The number of quaternary nitrogens is 1. The van der Waals surface area contributed by atoms with E-state index in [1.165, 1.54) is 11.0 Å². The Morgan fingerprint density at radius 2 is 1.97 bits per heavy atom. The summed E-state index contributed by atoms with van der Waals surface area (Å²) in [6.45, 7) is 9.76. The van der Waals surface area contributed by atoms with Crippen LogP contribution in [0, 0.1) is 0 Å². The molecule has 0 bridgehead atoms. The summed E-state index contributed by atoms with van der Waals surface area (Å²) in [5.41, 5.74) is 2.91. The zero-order chi connectivity index (χ0) is 22.2. The monoisotopic (exact) mass is 432 g/mol. The van der Waals surface area contributed by atoms with E-state index in [0.717, 1.165) is 49.6 Å². The van der Waals surface area contributed by atoms with Gasteiger partial charge < -0.3 is 19.5 Å². The number of fused-ring (bicyclic) bond motifs is 2. The van der Waals surface area contributed by atoms with Crippen LogP contribution >= 0.6 is 0 Å². The van der Waals surface area contributed by atoms with Crippen LogP contribution in [0.2, 0.25) is 0 Å². The lowest BCUT2D eigenvalue weighted by Gasteiger charge is -2.32. The highest BCUT2D eigenvalue weighted by molar-refractivity contribution is 6.13. The van der Waals surface area contributed by atoms with Gasteiger partial charge in [0.15, 0.2) is 5.76 Å². The Morgan fingerprint density at radius 1 is 1.19 bits per heavy atom. The summed E-state index contributed by atoms with van der Waals surface area (Å²) in [7, 11) is 0. The van der Waals surface area contributed by atoms with Gasteiger partial charge in [-0.3, -0.25) is 9.69 Å². The quantitative estimate of drug-likeness (QED) is 0.747. The summed E-state index contributed by atoms with van der Waals surface area (Å²) in [6, 6.07) is 10.9. The van der Waals surface area contributed by atoms with Crippen LogP contribution in [0.1, 0.15) is 35.3 Å². The molecule has 2 aromatic rings. The number of likely N-dealkylation sites (N-methyl/N-ethyl adjacent to an activating group) is 1. The maximum absolute atomic E-state index is 13.1. The topological polar surface area (TPSA) is 66.3 Å². The predicted molar refractivity (Wildman–Crippen MR) is 120 cm³/mol. The van der Waals surface area contributed by atoms with E-state index in [4.69, 9.17) is 9.47 Å². The smallest absolute Gasteiger partial charge is 0.231 e. The molecule has 3 aliphatic heterocycles. The highest BCUT2D eigenvalue weighted by Gasteiger charge is 2.32. The molecule has 0 amide bonds. The van der Waals surface area contributed by atoms with Crippen molar-refractivity contribution in [3.05, 3.63) is 70.5 Å². The Bertz CT molecular complexity index is 1110. The Kier molecular flexibility index (Phi) is 5.49. The number of piperazine rings is 1. The van der Waals surface area contributed by atoms with Crippen molar-refractivity contribution in [2.45, 2.75) is 26.5 Å². The number of nitrogens with one attached hydrogen (secondary N) is 1. The van der Waals surface area contributed by atoms with Crippen LogP contribution in [0.15, 0.2) is 53.8 Å². The van der Waals surface area contributed by atoms with E-state index in [2.05, 4.69) is 11.8 Å². The molecule has 0 spiro atoms. The number of ketones is 1. The molecule has 0 saturated carbocycles. The predicted octanol–water partition coefficient (Wildman–Crippen LogP) is 1.80. The van der Waals surface area contributed by atoms with Crippen LogP contribution in [-0.2, 0) is 6.54 Å². The lowest BCUT2D eigenvalue weighted by atomic mass is 10.0. The zero-order valence-corrected chi connectivity index (χ0v) is 18.5. The van der Waals surface area contributed by atoms with Gasteiger partial charge in [0.1, 0.15) is 24.1 Å². The zero-order valence-electron chi connectivity index (χ0n) is 18.5. The number of ether oxygens (including phenoxy) is 2. The molecule has 1 atom stereocenters. The molecule has 166 valence electrons. The second-order valence-corrected chi connectivity index (χ2v) is 8.66. The molecule has 32 heavy (non-hydrogen) atoms. The van der Waals surface area contributed by atoms with Gasteiger partial charge in [-0.05, 0) is 43.3 Å². The van der Waals surface area contributed by atoms with Gasteiger partial charge in [-0.15, -0.1) is 0 Å². The van der Waals surface area contributed by atoms with Crippen molar-refractivity contribution in [1.29, 1.82) is 0 Å².